The summed E-state index contributed by atoms with van der Waals surface area (Å²) in [7, 11) is 0. The Morgan fingerprint density at radius 1 is 0.700 bits per heavy atom. The number of aromatic hydroxyl groups is 1. The van der Waals surface area contributed by atoms with Crippen LogP contribution in [0.4, 0.5) is 17.1 Å². The summed E-state index contributed by atoms with van der Waals surface area (Å²) in [5.41, 5.74) is 2.56. The SMILES string of the molecule is CCCC(=NC(=NC(C)=NCCCCCCC(=O)Nc1ccccc1)Nc1ccc(O)cc1)Nc1ccccc1. The highest BCUT2D eigenvalue weighted by Crippen LogP contribution is 2.15. The number of amides is 1. The molecule has 0 unspecified atom stereocenters. The lowest BCUT2D eigenvalue weighted by Gasteiger charge is -2.12. The Morgan fingerprint density at radius 2 is 1.30 bits per heavy atom. The van der Waals surface area contributed by atoms with Gasteiger partial charge in [-0.2, -0.15) is 9.98 Å². The molecule has 4 N–H and O–H groups in total. The summed E-state index contributed by atoms with van der Waals surface area (Å²) < 4.78 is 0. The number of benzene rings is 3. The van der Waals surface area contributed by atoms with Gasteiger partial charge in [-0.15, -0.1) is 0 Å². The van der Waals surface area contributed by atoms with Gasteiger partial charge in [0.15, 0.2) is 0 Å². The molecular weight excluding hydrogens is 500 g/mol. The molecule has 3 aromatic carbocycles. The third-order valence-corrected chi connectivity index (χ3v) is 5.89. The Hall–Kier alpha value is -4.46. The van der Waals surface area contributed by atoms with Crippen LogP contribution in [0.25, 0.3) is 0 Å². The first kappa shape index (κ1) is 30.1. The Balaban J connectivity index is 1.55. The summed E-state index contributed by atoms with van der Waals surface area (Å²) in [6, 6.07) is 26.2. The van der Waals surface area contributed by atoms with E-state index in [4.69, 9.17) is 4.99 Å². The van der Waals surface area contributed by atoms with E-state index in [9.17, 15) is 9.90 Å². The van der Waals surface area contributed by atoms with Crippen LogP contribution in [0.15, 0.2) is 99.9 Å². The zero-order chi connectivity index (χ0) is 28.4. The van der Waals surface area contributed by atoms with Crippen molar-refractivity contribution in [3.8, 4) is 5.75 Å². The minimum atomic E-state index is 0.0489. The van der Waals surface area contributed by atoms with E-state index in [-0.39, 0.29) is 11.7 Å². The highest BCUT2D eigenvalue weighted by atomic mass is 16.3. The van der Waals surface area contributed by atoms with Crippen molar-refractivity contribution in [1.29, 1.82) is 0 Å². The molecule has 8 heteroatoms. The molecule has 0 spiro atoms. The standard InChI is InChI=1S/C32H40N6O2/c1-3-14-30(35-26-15-8-6-9-16-26)38-32(37-28-20-22-29(39)23-21-28)34-25(2)33-24-13-5-4-12-19-31(40)36-27-17-10-7-11-18-27/h6-11,15-18,20-23,39H,3-5,12-14,19,24H2,1-2H3,(H,36,40)(H2,33,34,35,37,38). The molecule has 0 fully saturated rings. The first-order valence-corrected chi connectivity index (χ1v) is 13.9. The number of carbonyl (C=O) groups excluding carboxylic acids is 1. The van der Waals surface area contributed by atoms with Gasteiger partial charge in [-0.05, 0) is 74.7 Å². The molecule has 0 bridgehead atoms. The van der Waals surface area contributed by atoms with Crippen molar-refractivity contribution >= 4 is 40.6 Å². The monoisotopic (exact) mass is 540 g/mol. The number of amidine groups is 2. The van der Waals surface area contributed by atoms with Crippen molar-refractivity contribution in [1.82, 2.24) is 0 Å². The van der Waals surface area contributed by atoms with Crippen LogP contribution in [-0.4, -0.2) is 35.2 Å². The maximum absolute atomic E-state index is 12.1. The molecule has 0 atom stereocenters. The average molecular weight is 541 g/mol. The summed E-state index contributed by atoms with van der Waals surface area (Å²) in [5, 5.41) is 19.2. The van der Waals surface area contributed by atoms with Crippen molar-refractivity contribution in [3.05, 3.63) is 84.9 Å². The Bertz CT molecular complexity index is 1260. The van der Waals surface area contributed by atoms with Gasteiger partial charge >= 0.3 is 0 Å². The van der Waals surface area contributed by atoms with E-state index in [2.05, 4.69) is 32.9 Å². The fraction of sp³-hybridized carbons (Fsp3) is 0.312. The predicted molar refractivity (Wildman–Crippen MR) is 168 cm³/mol. The van der Waals surface area contributed by atoms with Crippen LogP contribution in [0.3, 0.4) is 0 Å². The van der Waals surface area contributed by atoms with Crippen LogP contribution in [0, 0.1) is 0 Å². The van der Waals surface area contributed by atoms with E-state index in [0.717, 1.165) is 61.4 Å². The number of nitrogens with one attached hydrogen (secondary N) is 3. The molecule has 0 saturated heterocycles. The number of aliphatic imine (C=N–C) groups is 3. The lowest BCUT2D eigenvalue weighted by molar-refractivity contribution is -0.116. The van der Waals surface area contributed by atoms with Gasteiger partial charge in [-0.25, -0.2) is 0 Å². The van der Waals surface area contributed by atoms with Crippen LogP contribution < -0.4 is 16.0 Å². The summed E-state index contributed by atoms with van der Waals surface area (Å²) in [4.78, 5) is 26.2. The molecule has 40 heavy (non-hydrogen) atoms. The number of hydrogen-bond donors (Lipinski definition) is 4. The minimum absolute atomic E-state index is 0.0489. The molecule has 3 rings (SSSR count). The van der Waals surface area contributed by atoms with E-state index in [1.54, 1.807) is 24.3 Å². The number of para-hydroxylation sites is 2. The summed E-state index contributed by atoms with van der Waals surface area (Å²) in [6.07, 6.45) is 5.94. The number of phenolic OH excluding ortho intramolecular Hbond substituents is 1. The van der Waals surface area contributed by atoms with E-state index in [1.165, 1.54) is 0 Å². The topological polar surface area (TPSA) is 110 Å². The van der Waals surface area contributed by atoms with Crippen molar-refractivity contribution in [2.45, 2.75) is 58.8 Å². The second-order valence-corrected chi connectivity index (χ2v) is 9.41. The van der Waals surface area contributed by atoms with E-state index < -0.39 is 0 Å². The third-order valence-electron chi connectivity index (χ3n) is 5.89. The van der Waals surface area contributed by atoms with E-state index in [0.29, 0.717) is 24.8 Å². The summed E-state index contributed by atoms with van der Waals surface area (Å²) in [6.45, 7) is 4.63. The van der Waals surface area contributed by atoms with Crippen LogP contribution in [0.1, 0.15) is 58.8 Å². The maximum Gasteiger partial charge on any atom is 0.230 e. The largest absolute Gasteiger partial charge is 0.508 e. The van der Waals surface area contributed by atoms with Crippen molar-refractivity contribution in [3.63, 3.8) is 0 Å². The van der Waals surface area contributed by atoms with Gasteiger partial charge in [0.2, 0.25) is 11.9 Å². The normalized spacial score (nSPS) is 12.2. The van der Waals surface area contributed by atoms with Gasteiger partial charge in [0.1, 0.15) is 17.4 Å². The average Bonchev–Trinajstić information content (AvgIpc) is 2.95. The fourth-order valence-electron chi connectivity index (χ4n) is 3.88. The van der Waals surface area contributed by atoms with Gasteiger partial charge in [0.05, 0.1) is 0 Å². The number of phenols is 1. The molecule has 1 amide bonds. The first-order chi connectivity index (χ1) is 19.5. The number of nitrogens with zero attached hydrogens (tertiary/aromatic N) is 3. The lowest BCUT2D eigenvalue weighted by Crippen LogP contribution is -2.19. The van der Waals surface area contributed by atoms with Crippen molar-refractivity contribution in [2.75, 3.05) is 22.5 Å². The molecule has 210 valence electrons. The van der Waals surface area contributed by atoms with Gasteiger partial charge in [0, 0.05) is 36.4 Å². The molecular formula is C32H40N6O2. The molecule has 0 aliphatic rings. The predicted octanol–water partition coefficient (Wildman–Crippen LogP) is 7.48. The highest BCUT2D eigenvalue weighted by Gasteiger charge is 2.06. The van der Waals surface area contributed by atoms with Crippen LogP contribution in [-0.2, 0) is 4.79 Å². The number of hydrogen-bond acceptors (Lipinski definition) is 3. The lowest BCUT2D eigenvalue weighted by atomic mass is 10.1. The smallest absolute Gasteiger partial charge is 0.230 e. The van der Waals surface area contributed by atoms with Crippen LogP contribution in [0.5, 0.6) is 5.75 Å². The van der Waals surface area contributed by atoms with E-state index >= 15 is 0 Å². The second-order valence-electron chi connectivity index (χ2n) is 9.41. The number of guanidine groups is 1. The van der Waals surface area contributed by atoms with Gasteiger partial charge < -0.3 is 21.1 Å². The van der Waals surface area contributed by atoms with Crippen molar-refractivity contribution in [2.24, 2.45) is 15.0 Å². The zero-order valence-corrected chi connectivity index (χ0v) is 23.4. The molecule has 3 aromatic rings. The molecule has 0 saturated carbocycles. The Labute approximate surface area is 237 Å². The van der Waals surface area contributed by atoms with Crippen molar-refractivity contribution < 1.29 is 9.90 Å². The minimum Gasteiger partial charge on any atom is -0.508 e. The van der Waals surface area contributed by atoms with Crippen LogP contribution >= 0.6 is 0 Å². The molecule has 0 radical (unpaired) electrons. The third kappa shape index (κ3) is 11.9. The van der Waals surface area contributed by atoms with E-state index in [1.807, 2.05) is 67.6 Å². The van der Waals surface area contributed by atoms with Gasteiger partial charge in [-0.3, -0.25) is 9.79 Å². The Kier molecular flexibility index (Phi) is 12.9. The molecule has 0 aliphatic carbocycles. The first-order valence-electron chi connectivity index (χ1n) is 13.9. The molecule has 0 aliphatic heterocycles. The second kappa shape index (κ2) is 17.2. The van der Waals surface area contributed by atoms with Gasteiger partial charge in [-0.1, -0.05) is 56.2 Å². The zero-order valence-electron chi connectivity index (χ0n) is 23.4. The number of carbonyl (C=O) groups is 1. The maximum atomic E-state index is 12.1. The highest BCUT2D eigenvalue weighted by molar-refractivity contribution is 6.10. The summed E-state index contributed by atoms with van der Waals surface area (Å²) in [5.74, 6) is 2.08. The molecule has 8 nitrogen and oxygen atoms in total. The number of rotatable bonds is 12. The summed E-state index contributed by atoms with van der Waals surface area (Å²) >= 11 is 0. The molecule has 0 heterocycles. The van der Waals surface area contributed by atoms with Crippen LogP contribution in [0.2, 0.25) is 0 Å². The van der Waals surface area contributed by atoms with Gasteiger partial charge in [0.25, 0.3) is 0 Å². The number of anilines is 3. The quantitative estimate of drug-likeness (QED) is 0.0826. The number of unbranched alkanes of at least 4 members (excludes halogenated alkanes) is 3. The fourth-order valence-corrected chi connectivity index (χ4v) is 3.88. The molecule has 0 aromatic heterocycles. The Morgan fingerprint density at radius 3 is 1.95 bits per heavy atom.